The number of nitrogens with zero attached hydrogens (tertiary/aromatic N) is 4. The Morgan fingerprint density at radius 1 is 1.12 bits per heavy atom. The van der Waals surface area contributed by atoms with Crippen LogP contribution < -0.4 is 5.32 Å². The Morgan fingerprint density at radius 2 is 1.79 bits per heavy atom. The number of aromatic nitrogens is 4. The Morgan fingerprint density at radius 3 is 2.46 bits per heavy atom. The topological polar surface area (TPSA) is 72.7 Å². The average Bonchev–Trinajstić information content (AvgIpc) is 3.02. The van der Waals surface area contributed by atoms with Crippen molar-refractivity contribution in [2.24, 2.45) is 0 Å². The molecule has 0 aliphatic rings. The lowest BCUT2D eigenvalue weighted by atomic mass is 9.99. The molecule has 0 unspecified atom stereocenters. The van der Waals surface area contributed by atoms with Crippen LogP contribution in [0.3, 0.4) is 0 Å². The zero-order valence-corrected chi connectivity index (χ0v) is 13.9. The Hall–Kier alpha value is -3.02. The first-order valence-corrected chi connectivity index (χ1v) is 7.72. The maximum absolute atomic E-state index is 12.5. The van der Waals surface area contributed by atoms with E-state index in [-0.39, 0.29) is 5.91 Å². The molecule has 0 spiro atoms. The molecule has 0 aliphatic carbocycles. The van der Waals surface area contributed by atoms with Crippen LogP contribution in [-0.2, 0) is 6.54 Å². The zero-order valence-electron chi connectivity index (χ0n) is 13.9. The summed E-state index contributed by atoms with van der Waals surface area (Å²) in [6.45, 7) is 6.26. The summed E-state index contributed by atoms with van der Waals surface area (Å²) in [5.41, 5.74) is 5.41. The van der Waals surface area contributed by atoms with Gasteiger partial charge >= 0.3 is 0 Å². The first-order chi connectivity index (χ1) is 11.5. The third-order valence-corrected chi connectivity index (χ3v) is 3.80. The fourth-order valence-corrected chi connectivity index (χ4v) is 2.80. The molecule has 0 saturated heterocycles. The van der Waals surface area contributed by atoms with Crippen LogP contribution in [0.25, 0.3) is 5.69 Å². The fourth-order valence-electron chi connectivity index (χ4n) is 2.80. The van der Waals surface area contributed by atoms with Gasteiger partial charge in [0.15, 0.2) is 0 Å². The highest BCUT2D eigenvalue weighted by molar-refractivity contribution is 5.97. The molecule has 2 heterocycles. The van der Waals surface area contributed by atoms with Gasteiger partial charge in [0.1, 0.15) is 5.69 Å². The number of nitrogens with one attached hydrogen (secondary N) is 1. The molecule has 0 aliphatic heterocycles. The maximum atomic E-state index is 12.5. The van der Waals surface area contributed by atoms with Crippen LogP contribution in [0.4, 0.5) is 0 Å². The standard InChI is InChI=1S/C18H19N5O/c1-12-8-13(2)17(14(3)9-12)18(24)20-10-15-11-23(22-21-15)16-4-6-19-7-5-16/h4-9,11H,10H2,1-3H3,(H,20,24). The molecule has 0 atom stereocenters. The monoisotopic (exact) mass is 321 g/mol. The van der Waals surface area contributed by atoms with Gasteiger partial charge in [-0.05, 0) is 44.0 Å². The summed E-state index contributed by atoms with van der Waals surface area (Å²) in [7, 11) is 0. The van der Waals surface area contributed by atoms with Gasteiger partial charge in [0.25, 0.3) is 5.91 Å². The van der Waals surface area contributed by atoms with E-state index in [1.165, 1.54) is 0 Å². The lowest BCUT2D eigenvalue weighted by Gasteiger charge is -2.11. The summed E-state index contributed by atoms with van der Waals surface area (Å²) in [6.07, 6.45) is 5.19. The predicted octanol–water partition coefficient (Wildman–Crippen LogP) is 2.52. The molecule has 2 aromatic heterocycles. The third kappa shape index (κ3) is 3.32. The van der Waals surface area contributed by atoms with Gasteiger partial charge < -0.3 is 5.32 Å². The zero-order chi connectivity index (χ0) is 17.1. The number of pyridine rings is 1. The van der Waals surface area contributed by atoms with Crippen molar-refractivity contribution in [3.8, 4) is 5.69 Å². The van der Waals surface area contributed by atoms with Gasteiger partial charge in [-0.25, -0.2) is 4.68 Å². The van der Waals surface area contributed by atoms with Gasteiger partial charge in [0, 0.05) is 18.0 Å². The van der Waals surface area contributed by atoms with Crippen LogP contribution >= 0.6 is 0 Å². The smallest absolute Gasteiger partial charge is 0.252 e. The summed E-state index contributed by atoms with van der Waals surface area (Å²) in [5, 5.41) is 11.1. The Labute approximate surface area is 140 Å². The van der Waals surface area contributed by atoms with E-state index >= 15 is 0 Å². The number of carbonyl (C=O) groups is 1. The van der Waals surface area contributed by atoms with Crippen LogP contribution in [0.15, 0.2) is 42.9 Å². The average molecular weight is 321 g/mol. The van der Waals surface area contributed by atoms with E-state index in [1.54, 1.807) is 23.3 Å². The van der Waals surface area contributed by atoms with Crippen molar-refractivity contribution in [1.29, 1.82) is 0 Å². The number of amides is 1. The summed E-state index contributed by atoms with van der Waals surface area (Å²) >= 11 is 0. The summed E-state index contributed by atoms with van der Waals surface area (Å²) in [4.78, 5) is 16.4. The SMILES string of the molecule is Cc1cc(C)c(C(=O)NCc2cn(-c3ccncc3)nn2)c(C)c1. The number of benzene rings is 1. The normalized spacial score (nSPS) is 10.6. The van der Waals surface area contributed by atoms with Crippen molar-refractivity contribution in [2.45, 2.75) is 27.3 Å². The van der Waals surface area contributed by atoms with Crippen LogP contribution in [-0.4, -0.2) is 25.9 Å². The Kier molecular flexibility index (Phi) is 4.37. The van der Waals surface area contributed by atoms with Gasteiger partial charge in [0.2, 0.25) is 0 Å². The van der Waals surface area contributed by atoms with E-state index in [1.807, 2.05) is 45.0 Å². The van der Waals surface area contributed by atoms with E-state index in [9.17, 15) is 4.79 Å². The lowest BCUT2D eigenvalue weighted by Crippen LogP contribution is -2.24. The molecule has 3 rings (SSSR count). The van der Waals surface area contributed by atoms with Crippen molar-refractivity contribution in [3.05, 3.63) is 70.8 Å². The lowest BCUT2D eigenvalue weighted by molar-refractivity contribution is 0.0949. The van der Waals surface area contributed by atoms with Gasteiger partial charge in [-0.1, -0.05) is 22.9 Å². The molecule has 0 radical (unpaired) electrons. The Balaban J connectivity index is 1.71. The minimum Gasteiger partial charge on any atom is -0.346 e. The second-order valence-corrected chi connectivity index (χ2v) is 5.82. The molecule has 6 nitrogen and oxygen atoms in total. The van der Waals surface area contributed by atoms with Crippen molar-refractivity contribution < 1.29 is 4.79 Å². The molecule has 1 N–H and O–H groups in total. The van der Waals surface area contributed by atoms with Crippen LogP contribution in [0.2, 0.25) is 0 Å². The number of hydrogen-bond acceptors (Lipinski definition) is 4. The van der Waals surface area contributed by atoms with E-state index < -0.39 is 0 Å². The van der Waals surface area contributed by atoms with Gasteiger partial charge in [-0.15, -0.1) is 5.10 Å². The molecule has 1 amide bonds. The predicted molar refractivity (Wildman–Crippen MR) is 91.0 cm³/mol. The van der Waals surface area contributed by atoms with Gasteiger partial charge in [-0.3, -0.25) is 9.78 Å². The highest BCUT2D eigenvalue weighted by Crippen LogP contribution is 2.16. The van der Waals surface area contributed by atoms with Crippen molar-refractivity contribution >= 4 is 5.91 Å². The fraction of sp³-hybridized carbons (Fsp3) is 0.222. The molecule has 122 valence electrons. The van der Waals surface area contributed by atoms with Gasteiger partial charge in [0.05, 0.1) is 18.4 Å². The van der Waals surface area contributed by atoms with E-state index in [4.69, 9.17) is 0 Å². The van der Waals surface area contributed by atoms with Crippen molar-refractivity contribution in [2.75, 3.05) is 0 Å². The molecule has 1 aromatic carbocycles. The van der Waals surface area contributed by atoms with Crippen LogP contribution in [0.1, 0.15) is 32.7 Å². The number of rotatable bonds is 4. The first-order valence-electron chi connectivity index (χ1n) is 7.72. The number of hydrogen-bond donors (Lipinski definition) is 1. The minimum atomic E-state index is -0.0940. The van der Waals surface area contributed by atoms with E-state index in [2.05, 4.69) is 20.6 Å². The molecular formula is C18H19N5O. The molecule has 24 heavy (non-hydrogen) atoms. The molecule has 3 aromatic rings. The summed E-state index contributed by atoms with van der Waals surface area (Å²) in [6, 6.07) is 7.72. The number of aryl methyl sites for hydroxylation is 3. The Bertz CT molecular complexity index is 847. The number of carbonyl (C=O) groups excluding carboxylic acids is 1. The van der Waals surface area contributed by atoms with E-state index in [0.29, 0.717) is 12.2 Å². The molecule has 0 bridgehead atoms. The highest BCUT2D eigenvalue weighted by atomic mass is 16.1. The highest BCUT2D eigenvalue weighted by Gasteiger charge is 2.13. The van der Waals surface area contributed by atoms with Crippen LogP contribution in [0, 0.1) is 20.8 Å². The quantitative estimate of drug-likeness (QED) is 0.801. The maximum Gasteiger partial charge on any atom is 0.252 e. The third-order valence-electron chi connectivity index (χ3n) is 3.80. The molecule has 6 heteroatoms. The van der Waals surface area contributed by atoms with Crippen molar-refractivity contribution in [3.63, 3.8) is 0 Å². The first kappa shape index (κ1) is 15.9. The molecule has 0 fully saturated rings. The minimum absolute atomic E-state index is 0.0940. The van der Waals surface area contributed by atoms with Crippen molar-refractivity contribution in [1.82, 2.24) is 25.3 Å². The largest absolute Gasteiger partial charge is 0.346 e. The second-order valence-electron chi connectivity index (χ2n) is 5.82. The summed E-state index contributed by atoms with van der Waals surface area (Å²) in [5.74, 6) is -0.0940. The second kappa shape index (κ2) is 6.62. The van der Waals surface area contributed by atoms with E-state index in [0.717, 1.165) is 27.9 Å². The van der Waals surface area contributed by atoms with Crippen LogP contribution in [0.5, 0.6) is 0 Å². The van der Waals surface area contributed by atoms with Gasteiger partial charge in [-0.2, -0.15) is 0 Å². The summed E-state index contributed by atoms with van der Waals surface area (Å²) < 4.78 is 1.66. The molecular weight excluding hydrogens is 302 g/mol. The molecule has 0 saturated carbocycles.